The van der Waals surface area contributed by atoms with Gasteiger partial charge in [-0.1, -0.05) is 20.8 Å². The molecule has 4 N–H and O–H groups in total. The molecular weight excluding hydrogens is 208 g/mol. The summed E-state index contributed by atoms with van der Waals surface area (Å²) in [5, 5.41) is 24.0. The van der Waals surface area contributed by atoms with Crippen molar-refractivity contribution >= 4 is 5.91 Å². The first kappa shape index (κ1) is 15.3. The van der Waals surface area contributed by atoms with Crippen LogP contribution in [0.5, 0.6) is 0 Å². The number of hydrogen-bond donors (Lipinski definition) is 4. The van der Waals surface area contributed by atoms with Gasteiger partial charge in [-0.2, -0.15) is 0 Å². The molecule has 0 atom stereocenters. The van der Waals surface area contributed by atoms with E-state index < -0.39 is 5.54 Å². The van der Waals surface area contributed by atoms with Crippen LogP contribution in [-0.2, 0) is 4.79 Å². The van der Waals surface area contributed by atoms with E-state index >= 15 is 0 Å². The molecule has 0 spiro atoms. The topological polar surface area (TPSA) is 81.6 Å². The summed E-state index contributed by atoms with van der Waals surface area (Å²) in [7, 11) is 0. The Morgan fingerprint density at radius 1 is 1.31 bits per heavy atom. The van der Waals surface area contributed by atoms with E-state index in [0.717, 1.165) is 0 Å². The zero-order chi connectivity index (χ0) is 12.6. The Balaban J connectivity index is 3.97. The minimum absolute atomic E-state index is 0.113. The molecule has 0 rings (SSSR count). The lowest BCUT2D eigenvalue weighted by Crippen LogP contribution is -2.54. The number of carbonyl (C=O) groups is 1. The first-order chi connectivity index (χ1) is 7.49. The molecule has 0 aliphatic carbocycles. The minimum atomic E-state index is -0.755. The zero-order valence-corrected chi connectivity index (χ0v) is 10.4. The van der Waals surface area contributed by atoms with Crippen molar-refractivity contribution in [3.8, 4) is 0 Å². The van der Waals surface area contributed by atoms with Crippen molar-refractivity contribution in [2.45, 2.75) is 32.7 Å². The Morgan fingerprint density at radius 2 is 1.88 bits per heavy atom. The second-order valence-electron chi connectivity index (χ2n) is 4.50. The number of amides is 1. The van der Waals surface area contributed by atoms with Gasteiger partial charge in [-0.3, -0.25) is 10.1 Å². The van der Waals surface area contributed by atoms with Gasteiger partial charge < -0.3 is 15.5 Å². The summed E-state index contributed by atoms with van der Waals surface area (Å²) in [6, 6.07) is 0. The van der Waals surface area contributed by atoms with Crippen molar-refractivity contribution in [2.24, 2.45) is 5.92 Å². The molecule has 0 aromatic carbocycles. The Labute approximate surface area is 97.2 Å². The first-order valence-corrected chi connectivity index (χ1v) is 5.73. The predicted molar refractivity (Wildman–Crippen MR) is 63.0 cm³/mol. The van der Waals surface area contributed by atoms with Gasteiger partial charge in [0.15, 0.2) is 0 Å². The smallest absolute Gasteiger partial charge is 0.233 e. The number of carbonyl (C=O) groups excluding carboxylic acids is 1. The van der Waals surface area contributed by atoms with E-state index in [1.807, 2.05) is 20.8 Å². The van der Waals surface area contributed by atoms with Gasteiger partial charge in [-0.15, -0.1) is 0 Å². The number of rotatable bonds is 8. The maximum absolute atomic E-state index is 11.4. The highest BCUT2D eigenvalue weighted by atomic mass is 16.3. The van der Waals surface area contributed by atoms with E-state index in [1.165, 1.54) is 0 Å². The molecule has 0 saturated carbocycles. The highest BCUT2D eigenvalue weighted by Gasteiger charge is 2.26. The molecule has 0 saturated heterocycles. The van der Waals surface area contributed by atoms with Crippen molar-refractivity contribution in [1.82, 2.24) is 10.6 Å². The Morgan fingerprint density at radius 3 is 2.25 bits per heavy atom. The molecule has 0 radical (unpaired) electrons. The van der Waals surface area contributed by atoms with Gasteiger partial charge in [0.25, 0.3) is 0 Å². The van der Waals surface area contributed by atoms with Crippen molar-refractivity contribution in [3.05, 3.63) is 0 Å². The van der Waals surface area contributed by atoms with E-state index in [0.29, 0.717) is 18.9 Å². The number of aliphatic hydroxyl groups is 2. The molecule has 0 bridgehead atoms. The molecule has 0 heterocycles. The standard InChI is InChI=1S/C11H24N2O3/c1-4-11(7-14,8-15)13-6-10(16)12-5-9(2)3/h9,13-15H,4-8H2,1-3H3,(H,12,16). The van der Waals surface area contributed by atoms with Crippen LogP contribution >= 0.6 is 0 Å². The fourth-order valence-corrected chi connectivity index (χ4v) is 1.16. The van der Waals surface area contributed by atoms with Crippen LogP contribution in [0.25, 0.3) is 0 Å². The Kier molecular flexibility index (Phi) is 7.29. The van der Waals surface area contributed by atoms with Crippen LogP contribution < -0.4 is 10.6 Å². The van der Waals surface area contributed by atoms with Crippen LogP contribution in [0.2, 0.25) is 0 Å². The van der Waals surface area contributed by atoms with Crippen LogP contribution in [0, 0.1) is 5.92 Å². The van der Waals surface area contributed by atoms with Gasteiger partial charge in [0.05, 0.1) is 25.3 Å². The molecular formula is C11H24N2O3. The molecule has 0 aromatic rings. The number of nitrogens with one attached hydrogen (secondary N) is 2. The van der Waals surface area contributed by atoms with E-state index in [-0.39, 0.29) is 25.7 Å². The van der Waals surface area contributed by atoms with Gasteiger partial charge in [-0.05, 0) is 12.3 Å². The van der Waals surface area contributed by atoms with Crippen molar-refractivity contribution in [3.63, 3.8) is 0 Å². The van der Waals surface area contributed by atoms with Gasteiger partial charge in [-0.25, -0.2) is 0 Å². The van der Waals surface area contributed by atoms with Gasteiger partial charge in [0, 0.05) is 6.54 Å². The van der Waals surface area contributed by atoms with Crippen LogP contribution in [0.4, 0.5) is 0 Å². The average molecular weight is 232 g/mol. The third-order valence-corrected chi connectivity index (χ3v) is 2.61. The van der Waals surface area contributed by atoms with E-state index in [2.05, 4.69) is 10.6 Å². The normalized spacial score (nSPS) is 11.9. The maximum atomic E-state index is 11.4. The highest BCUT2D eigenvalue weighted by molar-refractivity contribution is 5.78. The molecule has 0 aromatic heterocycles. The summed E-state index contributed by atoms with van der Waals surface area (Å²) >= 11 is 0. The van der Waals surface area contributed by atoms with Crippen molar-refractivity contribution < 1.29 is 15.0 Å². The van der Waals surface area contributed by atoms with E-state index in [1.54, 1.807) is 0 Å². The lowest BCUT2D eigenvalue weighted by Gasteiger charge is -2.29. The lowest BCUT2D eigenvalue weighted by atomic mass is 9.98. The molecule has 1 amide bonds. The Bertz CT molecular complexity index is 195. The largest absolute Gasteiger partial charge is 0.394 e. The molecule has 0 aliphatic rings. The monoisotopic (exact) mass is 232 g/mol. The predicted octanol–water partition coefficient (Wildman–Crippen LogP) is -0.518. The second kappa shape index (κ2) is 7.60. The van der Waals surface area contributed by atoms with Crippen molar-refractivity contribution in [2.75, 3.05) is 26.3 Å². The summed E-state index contributed by atoms with van der Waals surface area (Å²) in [5.41, 5.74) is -0.755. The number of aliphatic hydroxyl groups excluding tert-OH is 2. The molecule has 5 heteroatoms. The molecule has 0 unspecified atom stereocenters. The van der Waals surface area contributed by atoms with Crippen LogP contribution in [0.15, 0.2) is 0 Å². The molecule has 16 heavy (non-hydrogen) atoms. The fourth-order valence-electron chi connectivity index (χ4n) is 1.16. The van der Waals surface area contributed by atoms with Crippen LogP contribution in [0.3, 0.4) is 0 Å². The quantitative estimate of drug-likeness (QED) is 0.454. The average Bonchev–Trinajstić information content (AvgIpc) is 2.29. The summed E-state index contributed by atoms with van der Waals surface area (Å²) in [4.78, 5) is 11.4. The zero-order valence-electron chi connectivity index (χ0n) is 10.4. The molecule has 96 valence electrons. The maximum Gasteiger partial charge on any atom is 0.233 e. The fraction of sp³-hybridized carbons (Fsp3) is 0.909. The summed E-state index contributed by atoms with van der Waals surface area (Å²) < 4.78 is 0. The lowest BCUT2D eigenvalue weighted by molar-refractivity contribution is -0.121. The minimum Gasteiger partial charge on any atom is -0.394 e. The van der Waals surface area contributed by atoms with E-state index in [9.17, 15) is 4.79 Å². The third kappa shape index (κ3) is 5.44. The Hall–Kier alpha value is -0.650. The van der Waals surface area contributed by atoms with Gasteiger partial charge in [0.1, 0.15) is 0 Å². The summed E-state index contributed by atoms with van der Waals surface area (Å²) in [6.45, 7) is 6.27. The molecule has 0 aliphatic heterocycles. The summed E-state index contributed by atoms with van der Waals surface area (Å²) in [5.74, 6) is 0.295. The number of hydrogen-bond acceptors (Lipinski definition) is 4. The first-order valence-electron chi connectivity index (χ1n) is 5.73. The highest BCUT2D eigenvalue weighted by Crippen LogP contribution is 2.07. The molecule has 5 nitrogen and oxygen atoms in total. The van der Waals surface area contributed by atoms with Crippen LogP contribution in [0.1, 0.15) is 27.2 Å². The van der Waals surface area contributed by atoms with E-state index in [4.69, 9.17) is 10.2 Å². The second-order valence-corrected chi connectivity index (χ2v) is 4.50. The molecule has 0 fully saturated rings. The SMILES string of the molecule is CCC(CO)(CO)NCC(=O)NCC(C)C. The van der Waals surface area contributed by atoms with Gasteiger partial charge >= 0.3 is 0 Å². The van der Waals surface area contributed by atoms with Crippen molar-refractivity contribution in [1.29, 1.82) is 0 Å². The van der Waals surface area contributed by atoms with Gasteiger partial charge in [0.2, 0.25) is 5.91 Å². The van der Waals surface area contributed by atoms with Crippen LogP contribution in [-0.4, -0.2) is 48.0 Å². The summed E-state index contributed by atoms with van der Waals surface area (Å²) in [6.07, 6.45) is 0.567. The third-order valence-electron chi connectivity index (χ3n) is 2.61.